The number of nitrogens with zero attached hydrogens (tertiary/aromatic N) is 3. The van der Waals surface area contributed by atoms with Crippen LogP contribution in [0.3, 0.4) is 0 Å². The maximum Gasteiger partial charge on any atom is 0.316 e. The lowest BCUT2D eigenvalue weighted by atomic mass is 10.1. The molecule has 0 atom stereocenters. The summed E-state index contributed by atoms with van der Waals surface area (Å²) in [6.07, 6.45) is 4.30. The molecule has 2 heterocycles. The number of hydrogen-bond donors (Lipinski definition) is 1. The molecule has 0 saturated carbocycles. The molecule has 0 aliphatic carbocycles. The van der Waals surface area contributed by atoms with Gasteiger partial charge >= 0.3 is 11.1 Å². The molecule has 25 heavy (non-hydrogen) atoms. The summed E-state index contributed by atoms with van der Waals surface area (Å²) in [5, 5.41) is 0. The Morgan fingerprint density at radius 3 is 1.96 bits per heavy atom. The Bertz CT molecular complexity index is 1050. The number of nitrogens with one attached hydrogen (secondary N) is 1. The second-order valence-electron chi connectivity index (χ2n) is 6.51. The van der Waals surface area contributed by atoms with Crippen molar-refractivity contribution in [1.29, 1.82) is 0 Å². The number of hydrogen-bond acceptors (Lipinski definition) is 5. The monoisotopic (exact) mass is 366 g/mol. The molecule has 3 rings (SSSR count). The number of sulfonamides is 1. The van der Waals surface area contributed by atoms with Crippen molar-refractivity contribution in [2.75, 3.05) is 29.0 Å². The largest absolute Gasteiger partial charge is 0.370 e. The zero-order valence-electron chi connectivity index (χ0n) is 14.6. The minimum absolute atomic E-state index is 0.422. The molecule has 0 amide bonds. The van der Waals surface area contributed by atoms with E-state index in [4.69, 9.17) is 0 Å². The molecule has 0 unspecified atom stereocenters. The third-order valence-corrected chi connectivity index (χ3v) is 5.19. The first-order valence-electron chi connectivity index (χ1n) is 8.15. The molecule has 1 aliphatic rings. The highest BCUT2D eigenvalue weighted by Gasteiger charge is 2.20. The first kappa shape index (κ1) is 17.5. The van der Waals surface area contributed by atoms with Gasteiger partial charge in [-0.2, -0.15) is 0 Å². The first-order valence-corrected chi connectivity index (χ1v) is 10.0. The van der Waals surface area contributed by atoms with Gasteiger partial charge in [-0.1, -0.05) is 0 Å². The lowest BCUT2D eigenvalue weighted by Crippen LogP contribution is -2.39. The van der Waals surface area contributed by atoms with Crippen LogP contribution in [0.1, 0.15) is 19.3 Å². The minimum Gasteiger partial charge on any atom is -0.370 e. The maximum absolute atomic E-state index is 12.1. The Morgan fingerprint density at radius 1 is 0.920 bits per heavy atom. The molecule has 1 aromatic heterocycles. The van der Waals surface area contributed by atoms with Crippen LogP contribution < -0.4 is 20.7 Å². The molecule has 8 nitrogen and oxygen atoms in total. The molecule has 1 saturated heterocycles. The number of aromatic nitrogens is 2. The summed E-state index contributed by atoms with van der Waals surface area (Å²) in [7, 11) is -0.419. The number of rotatable bonds is 3. The van der Waals surface area contributed by atoms with Crippen LogP contribution in [0, 0.1) is 0 Å². The van der Waals surface area contributed by atoms with E-state index in [1.807, 2.05) is 0 Å². The highest BCUT2D eigenvalue weighted by molar-refractivity contribution is 7.92. The summed E-state index contributed by atoms with van der Waals surface area (Å²) < 4.78 is 28.7. The van der Waals surface area contributed by atoms with Gasteiger partial charge in [0, 0.05) is 27.2 Å². The van der Waals surface area contributed by atoms with Gasteiger partial charge in [-0.05, 0) is 31.4 Å². The van der Waals surface area contributed by atoms with Gasteiger partial charge < -0.3 is 14.0 Å². The van der Waals surface area contributed by atoms with Gasteiger partial charge in [0.05, 0.1) is 28.7 Å². The number of aryl methyl sites for hydroxylation is 2. The smallest absolute Gasteiger partial charge is 0.316 e. The van der Waals surface area contributed by atoms with Crippen LogP contribution in [0.5, 0.6) is 0 Å². The minimum atomic E-state index is -3.48. The van der Waals surface area contributed by atoms with Gasteiger partial charge in [-0.25, -0.2) is 8.42 Å². The fraction of sp³-hybridized carbons (Fsp3) is 0.500. The molecule has 1 aromatic carbocycles. The van der Waals surface area contributed by atoms with Crippen LogP contribution in [0.15, 0.2) is 21.7 Å². The average Bonchev–Trinajstić information content (AvgIpc) is 2.57. The summed E-state index contributed by atoms with van der Waals surface area (Å²) in [5.41, 5.74) is 0.983. The third-order valence-electron chi connectivity index (χ3n) is 4.60. The number of piperidine rings is 1. The Morgan fingerprint density at radius 2 is 1.44 bits per heavy atom. The topological polar surface area (TPSA) is 93.4 Å². The molecule has 1 fully saturated rings. The second-order valence-corrected chi connectivity index (χ2v) is 8.26. The zero-order chi connectivity index (χ0) is 18.4. The first-order chi connectivity index (χ1) is 11.7. The van der Waals surface area contributed by atoms with Crippen LogP contribution in [0.4, 0.5) is 11.4 Å². The highest BCUT2D eigenvalue weighted by atomic mass is 32.2. The molecule has 136 valence electrons. The number of benzene rings is 1. The summed E-state index contributed by atoms with van der Waals surface area (Å²) in [6.45, 7) is 1.65. The predicted octanol–water partition coefficient (Wildman–Crippen LogP) is 0.599. The quantitative estimate of drug-likeness (QED) is 0.803. The maximum atomic E-state index is 12.1. The molecule has 1 aliphatic heterocycles. The van der Waals surface area contributed by atoms with E-state index in [1.165, 1.54) is 16.2 Å². The van der Waals surface area contributed by atoms with Gasteiger partial charge in [0.15, 0.2) is 0 Å². The molecule has 2 aromatic rings. The lowest BCUT2D eigenvalue weighted by Gasteiger charge is -2.31. The summed E-state index contributed by atoms with van der Waals surface area (Å²) in [5.74, 6) is 0. The summed E-state index contributed by atoms with van der Waals surface area (Å²) >= 11 is 0. The fourth-order valence-corrected chi connectivity index (χ4v) is 3.85. The van der Waals surface area contributed by atoms with E-state index in [0.717, 1.165) is 44.3 Å². The highest BCUT2D eigenvalue weighted by Crippen LogP contribution is 2.32. The van der Waals surface area contributed by atoms with E-state index in [2.05, 4.69) is 9.62 Å². The summed E-state index contributed by atoms with van der Waals surface area (Å²) in [4.78, 5) is 26.3. The molecule has 9 heteroatoms. The van der Waals surface area contributed by atoms with Gasteiger partial charge in [0.2, 0.25) is 10.0 Å². The lowest BCUT2D eigenvalue weighted by molar-refractivity contribution is 0.578. The van der Waals surface area contributed by atoms with E-state index < -0.39 is 21.1 Å². The number of anilines is 2. The summed E-state index contributed by atoms with van der Waals surface area (Å²) in [6, 6.07) is 3.41. The van der Waals surface area contributed by atoms with Gasteiger partial charge in [-0.3, -0.25) is 14.3 Å². The zero-order valence-corrected chi connectivity index (χ0v) is 15.4. The Labute approximate surface area is 145 Å². The van der Waals surface area contributed by atoms with Crippen molar-refractivity contribution >= 4 is 32.4 Å². The van der Waals surface area contributed by atoms with Crippen molar-refractivity contribution in [1.82, 2.24) is 9.13 Å². The van der Waals surface area contributed by atoms with E-state index in [9.17, 15) is 18.0 Å². The standard InChI is InChI=1S/C16H22N4O4S/c1-18-13-9-11(17-25(3,23)24)12(20-7-5-4-6-8-20)10-14(13)19(2)16(22)15(18)21/h9-10,17H,4-8H2,1-3H3. The van der Waals surface area contributed by atoms with Crippen LogP contribution in [-0.4, -0.2) is 36.9 Å². The normalized spacial score (nSPS) is 15.6. The van der Waals surface area contributed by atoms with Gasteiger partial charge in [-0.15, -0.1) is 0 Å². The van der Waals surface area contributed by atoms with E-state index in [0.29, 0.717) is 16.7 Å². The van der Waals surface area contributed by atoms with Crippen LogP contribution in [0.2, 0.25) is 0 Å². The van der Waals surface area contributed by atoms with Crippen molar-refractivity contribution in [3.8, 4) is 0 Å². The molecular weight excluding hydrogens is 344 g/mol. The second kappa shape index (κ2) is 6.21. The predicted molar refractivity (Wildman–Crippen MR) is 99.0 cm³/mol. The van der Waals surface area contributed by atoms with E-state index in [-0.39, 0.29) is 0 Å². The van der Waals surface area contributed by atoms with Crippen molar-refractivity contribution in [3.63, 3.8) is 0 Å². The molecular formula is C16H22N4O4S. The SMILES string of the molecule is Cn1c(=O)c(=O)n(C)c2cc(N3CCCCC3)c(NS(C)(=O)=O)cc21. The van der Waals surface area contributed by atoms with Crippen molar-refractivity contribution in [2.45, 2.75) is 19.3 Å². The fourth-order valence-electron chi connectivity index (χ4n) is 3.29. The average molecular weight is 366 g/mol. The van der Waals surface area contributed by atoms with Gasteiger partial charge in [0.25, 0.3) is 0 Å². The molecule has 0 spiro atoms. The van der Waals surface area contributed by atoms with E-state index in [1.54, 1.807) is 19.2 Å². The van der Waals surface area contributed by atoms with Crippen molar-refractivity contribution < 1.29 is 8.42 Å². The van der Waals surface area contributed by atoms with Crippen molar-refractivity contribution in [2.24, 2.45) is 14.1 Å². The van der Waals surface area contributed by atoms with Crippen molar-refractivity contribution in [3.05, 3.63) is 32.8 Å². The molecule has 0 bridgehead atoms. The Kier molecular flexibility index (Phi) is 4.36. The Balaban J connectivity index is 2.33. The molecule has 0 radical (unpaired) electrons. The third kappa shape index (κ3) is 3.28. The van der Waals surface area contributed by atoms with Crippen LogP contribution in [-0.2, 0) is 24.1 Å². The van der Waals surface area contributed by atoms with Crippen LogP contribution >= 0.6 is 0 Å². The van der Waals surface area contributed by atoms with Crippen LogP contribution in [0.25, 0.3) is 11.0 Å². The van der Waals surface area contributed by atoms with Gasteiger partial charge in [0.1, 0.15) is 0 Å². The van der Waals surface area contributed by atoms with E-state index >= 15 is 0 Å². The Hall–Kier alpha value is -2.29. The number of fused-ring (bicyclic) bond motifs is 1. The molecule has 1 N–H and O–H groups in total.